The van der Waals surface area contributed by atoms with E-state index in [9.17, 15) is 9.18 Å². The Bertz CT molecular complexity index is 469. The molecule has 0 spiro atoms. The summed E-state index contributed by atoms with van der Waals surface area (Å²) < 4.78 is 13.6. The highest BCUT2D eigenvalue weighted by molar-refractivity contribution is 9.09. The van der Waals surface area contributed by atoms with Crippen molar-refractivity contribution in [3.8, 4) is 0 Å². The molecule has 0 bridgehead atoms. The quantitative estimate of drug-likeness (QED) is 0.626. The molecule has 1 aromatic carbocycles. The molecular formula is C14H16BrClFNO. The van der Waals surface area contributed by atoms with E-state index in [1.165, 1.54) is 24.6 Å². The maximum absolute atomic E-state index is 13.6. The first-order valence-corrected chi connectivity index (χ1v) is 7.77. The van der Waals surface area contributed by atoms with Gasteiger partial charge in [0.2, 0.25) is 0 Å². The van der Waals surface area contributed by atoms with E-state index < -0.39 is 11.7 Å². The molecule has 0 aliphatic heterocycles. The van der Waals surface area contributed by atoms with Crippen LogP contribution in [-0.2, 0) is 0 Å². The molecule has 0 saturated heterocycles. The lowest BCUT2D eigenvalue weighted by atomic mass is 10.1. The topological polar surface area (TPSA) is 29.1 Å². The number of amides is 1. The van der Waals surface area contributed by atoms with E-state index >= 15 is 0 Å². The van der Waals surface area contributed by atoms with Crippen molar-refractivity contribution in [1.82, 2.24) is 5.32 Å². The molecule has 2 atom stereocenters. The van der Waals surface area contributed by atoms with Crippen molar-refractivity contribution in [2.45, 2.75) is 43.0 Å². The van der Waals surface area contributed by atoms with Crippen molar-refractivity contribution < 1.29 is 9.18 Å². The Kier molecular flexibility index (Phi) is 5.22. The van der Waals surface area contributed by atoms with Crippen LogP contribution >= 0.6 is 27.5 Å². The lowest BCUT2D eigenvalue weighted by molar-refractivity contribution is 0.0931. The van der Waals surface area contributed by atoms with Crippen LogP contribution in [0.1, 0.15) is 42.5 Å². The third kappa shape index (κ3) is 3.93. The van der Waals surface area contributed by atoms with Crippen molar-refractivity contribution >= 4 is 33.4 Å². The predicted octanol–water partition coefficient (Wildman–Crippen LogP) is 4.31. The van der Waals surface area contributed by atoms with Gasteiger partial charge in [-0.3, -0.25) is 4.79 Å². The smallest absolute Gasteiger partial charge is 0.254 e. The molecule has 2 nitrogen and oxygen atoms in total. The van der Waals surface area contributed by atoms with Crippen LogP contribution in [0.15, 0.2) is 18.2 Å². The average molecular weight is 349 g/mol. The Morgan fingerprint density at radius 2 is 2.05 bits per heavy atom. The predicted molar refractivity (Wildman–Crippen MR) is 78.5 cm³/mol. The van der Waals surface area contributed by atoms with Crippen LogP contribution in [0.25, 0.3) is 0 Å². The van der Waals surface area contributed by atoms with E-state index in [0.29, 0.717) is 5.02 Å². The second-order valence-corrected chi connectivity index (χ2v) is 6.47. The molecule has 19 heavy (non-hydrogen) atoms. The van der Waals surface area contributed by atoms with E-state index in [-0.39, 0.29) is 16.4 Å². The zero-order valence-electron chi connectivity index (χ0n) is 10.5. The standard InChI is InChI=1S/C14H16BrClFNO/c15-11-4-2-1-3-5-13(11)18-14(19)10-8-9(16)6-7-12(10)17/h6-8,11,13H,1-5H2,(H,18,19). The fourth-order valence-electron chi connectivity index (χ4n) is 2.34. The van der Waals surface area contributed by atoms with E-state index in [4.69, 9.17) is 11.6 Å². The zero-order valence-corrected chi connectivity index (χ0v) is 12.8. The Morgan fingerprint density at radius 1 is 1.32 bits per heavy atom. The first kappa shape index (κ1) is 14.8. The number of nitrogens with one attached hydrogen (secondary N) is 1. The summed E-state index contributed by atoms with van der Waals surface area (Å²) in [6, 6.07) is 4.07. The molecule has 1 fully saturated rings. The number of halogens is 3. The minimum atomic E-state index is -0.540. The minimum Gasteiger partial charge on any atom is -0.348 e. The molecule has 1 saturated carbocycles. The first-order chi connectivity index (χ1) is 9.08. The highest BCUT2D eigenvalue weighted by atomic mass is 79.9. The van der Waals surface area contributed by atoms with Gasteiger partial charge in [-0.1, -0.05) is 46.8 Å². The van der Waals surface area contributed by atoms with Crippen LogP contribution in [0.5, 0.6) is 0 Å². The molecule has 2 unspecified atom stereocenters. The third-order valence-corrected chi connectivity index (χ3v) is 4.75. The van der Waals surface area contributed by atoms with Crippen LogP contribution in [0.3, 0.4) is 0 Å². The summed E-state index contributed by atoms with van der Waals surface area (Å²) in [7, 11) is 0. The number of benzene rings is 1. The number of rotatable bonds is 2. The van der Waals surface area contributed by atoms with E-state index in [1.807, 2.05) is 0 Å². The summed E-state index contributed by atoms with van der Waals surface area (Å²) in [5, 5.41) is 3.27. The largest absolute Gasteiger partial charge is 0.348 e. The third-order valence-electron chi connectivity index (χ3n) is 3.42. The number of alkyl halides is 1. The average Bonchev–Trinajstić information content (AvgIpc) is 2.58. The second-order valence-electron chi connectivity index (χ2n) is 4.86. The van der Waals surface area contributed by atoms with Gasteiger partial charge in [-0.05, 0) is 31.0 Å². The summed E-state index contributed by atoms with van der Waals surface area (Å²) >= 11 is 9.41. The van der Waals surface area contributed by atoms with Crippen molar-refractivity contribution in [2.75, 3.05) is 0 Å². The molecule has 1 aliphatic carbocycles. The van der Waals surface area contributed by atoms with Crippen LogP contribution in [0.4, 0.5) is 4.39 Å². The fraction of sp³-hybridized carbons (Fsp3) is 0.500. The van der Waals surface area contributed by atoms with Crippen molar-refractivity contribution in [3.63, 3.8) is 0 Å². The molecular weight excluding hydrogens is 333 g/mol. The molecule has 0 aromatic heterocycles. The Balaban J connectivity index is 2.09. The molecule has 2 rings (SSSR count). The molecule has 5 heteroatoms. The van der Waals surface area contributed by atoms with Gasteiger partial charge >= 0.3 is 0 Å². The van der Waals surface area contributed by atoms with Gasteiger partial charge in [-0.25, -0.2) is 4.39 Å². The lowest BCUT2D eigenvalue weighted by Crippen LogP contribution is -2.40. The summed E-state index contributed by atoms with van der Waals surface area (Å²) in [4.78, 5) is 12.4. The molecule has 1 amide bonds. The van der Waals surface area contributed by atoms with Gasteiger partial charge in [0.1, 0.15) is 5.82 Å². The van der Waals surface area contributed by atoms with Crippen molar-refractivity contribution in [1.29, 1.82) is 0 Å². The summed E-state index contributed by atoms with van der Waals surface area (Å²) in [5.41, 5.74) is 0.0106. The number of carbonyl (C=O) groups excluding carboxylic acids is 1. The van der Waals surface area contributed by atoms with Crippen molar-refractivity contribution in [3.05, 3.63) is 34.6 Å². The van der Waals surface area contributed by atoms with Gasteiger partial charge in [0.05, 0.1) is 5.56 Å². The highest BCUT2D eigenvalue weighted by Gasteiger charge is 2.24. The van der Waals surface area contributed by atoms with Crippen LogP contribution in [0.2, 0.25) is 5.02 Å². The van der Waals surface area contributed by atoms with Gasteiger partial charge < -0.3 is 5.32 Å². The van der Waals surface area contributed by atoms with Gasteiger partial charge in [-0.15, -0.1) is 0 Å². The molecule has 0 heterocycles. The maximum atomic E-state index is 13.6. The normalized spacial score (nSPS) is 23.7. The summed E-state index contributed by atoms with van der Waals surface area (Å²) in [6.45, 7) is 0. The van der Waals surface area contributed by atoms with Gasteiger partial charge in [0.15, 0.2) is 0 Å². The van der Waals surface area contributed by atoms with Crippen LogP contribution in [-0.4, -0.2) is 16.8 Å². The lowest BCUT2D eigenvalue weighted by Gasteiger charge is -2.21. The number of hydrogen-bond acceptors (Lipinski definition) is 1. The SMILES string of the molecule is O=C(NC1CCCCCC1Br)c1cc(Cl)ccc1F. The van der Waals surface area contributed by atoms with Crippen molar-refractivity contribution in [2.24, 2.45) is 0 Å². The first-order valence-electron chi connectivity index (χ1n) is 6.48. The minimum absolute atomic E-state index is 0.0106. The second kappa shape index (κ2) is 6.71. The summed E-state index contributed by atoms with van der Waals surface area (Å²) in [5.74, 6) is -0.932. The Labute approximate surface area is 125 Å². The molecule has 1 aliphatic rings. The Morgan fingerprint density at radius 3 is 2.84 bits per heavy atom. The van der Waals surface area contributed by atoms with Crippen LogP contribution in [0, 0.1) is 5.82 Å². The van der Waals surface area contributed by atoms with E-state index in [1.54, 1.807) is 0 Å². The zero-order chi connectivity index (χ0) is 13.8. The van der Waals surface area contributed by atoms with Gasteiger partial charge in [0.25, 0.3) is 5.91 Å². The molecule has 1 N–H and O–H groups in total. The Hall–Kier alpha value is -0.610. The van der Waals surface area contributed by atoms with Gasteiger partial charge in [-0.2, -0.15) is 0 Å². The monoisotopic (exact) mass is 347 g/mol. The number of hydrogen-bond donors (Lipinski definition) is 1. The molecule has 104 valence electrons. The van der Waals surface area contributed by atoms with Crippen LogP contribution < -0.4 is 5.32 Å². The number of carbonyl (C=O) groups is 1. The maximum Gasteiger partial charge on any atom is 0.254 e. The summed E-state index contributed by atoms with van der Waals surface area (Å²) in [6.07, 6.45) is 5.38. The molecule has 0 radical (unpaired) electrons. The fourth-order valence-corrected chi connectivity index (χ4v) is 3.23. The van der Waals surface area contributed by atoms with E-state index in [2.05, 4.69) is 21.2 Å². The highest BCUT2D eigenvalue weighted by Crippen LogP contribution is 2.24. The van der Waals surface area contributed by atoms with Gasteiger partial charge in [0, 0.05) is 15.9 Å². The molecule has 1 aromatic rings. The van der Waals surface area contributed by atoms with E-state index in [0.717, 1.165) is 25.7 Å².